The fourth-order valence-electron chi connectivity index (χ4n) is 1.81. The number of rotatable bonds is 10. The number of hydrogen-bond donors (Lipinski definition) is 1. The molecule has 1 N–H and O–H groups in total. The molecule has 0 aliphatic heterocycles. The summed E-state index contributed by atoms with van der Waals surface area (Å²) >= 11 is 0. The minimum absolute atomic E-state index is 0.373. The monoisotopic (exact) mass is 394 g/mol. The molecule has 0 radical (unpaired) electrons. The van der Waals surface area contributed by atoms with Gasteiger partial charge in [0, 0.05) is 12.2 Å². The van der Waals surface area contributed by atoms with E-state index in [1.165, 1.54) is 13.2 Å². The summed E-state index contributed by atoms with van der Waals surface area (Å²) in [6, 6.07) is 0. The minimum atomic E-state index is -0.956. The Bertz CT molecular complexity index is 823. The second-order valence-electron chi connectivity index (χ2n) is 6.27. The first kappa shape index (κ1) is 25.6. The Morgan fingerprint density at radius 1 is 0.586 bits per heavy atom. The van der Waals surface area contributed by atoms with Crippen molar-refractivity contribution in [2.45, 2.75) is 27.7 Å². The highest BCUT2D eigenvalue weighted by Gasteiger charge is 1.89. The lowest BCUT2D eigenvalue weighted by molar-refractivity contribution is -0.135. The highest BCUT2D eigenvalue weighted by atomic mass is 16.5. The van der Waals surface area contributed by atoms with Gasteiger partial charge < -0.3 is 9.84 Å². The van der Waals surface area contributed by atoms with Gasteiger partial charge in [0.15, 0.2) is 0 Å². The fraction of sp³-hybridized carbons (Fsp3) is 0.200. The number of carboxylic acid groups (broad SMARTS) is 1. The molecule has 0 fully saturated rings. The molecular weight excluding hydrogens is 364 g/mol. The zero-order chi connectivity index (χ0) is 22.1. The second-order valence-corrected chi connectivity index (χ2v) is 6.27. The normalized spacial score (nSPS) is 14.9. The molecule has 0 unspecified atom stereocenters. The molecule has 0 bridgehead atoms. The molecule has 0 aromatic heterocycles. The quantitative estimate of drug-likeness (QED) is 0.288. The van der Waals surface area contributed by atoms with Crippen molar-refractivity contribution >= 4 is 11.9 Å². The van der Waals surface area contributed by atoms with Crippen LogP contribution in [0.2, 0.25) is 0 Å². The van der Waals surface area contributed by atoms with E-state index in [0.717, 1.165) is 28.4 Å². The maximum atomic E-state index is 11.0. The van der Waals surface area contributed by atoms with Gasteiger partial charge in [-0.2, -0.15) is 0 Å². The molecule has 0 heterocycles. The number of ether oxygens (including phenoxy) is 1. The van der Waals surface area contributed by atoms with Crippen LogP contribution in [-0.4, -0.2) is 24.2 Å². The highest BCUT2D eigenvalue weighted by Crippen LogP contribution is 2.02. The third-order valence-electron chi connectivity index (χ3n) is 3.44. The van der Waals surface area contributed by atoms with Gasteiger partial charge in [-0.25, -0.2) is 9.59 Å². The molecule has 0 saturated carbocycles. The molecule has 0 spiro atoms. The SMILES string of the molecule is COC(=O)C=CC(C)=CC=CC(C)=CC=CC=C(C)/C=C/C=C(C)/C=C/C(=O)O. The summed E-state index contributed by atoms with van der Waals surface area (Å²) in [4.78, 5) is 21.5. The average molecular weight is 395 g/mol. The number of hydrogen-bond acceptors (Lipinski definition) is 3. The van der Waals surface area contributed by atoms with Crippen LogP contribution in [0.3, 0.4) is 0 Å². The van der Waals surface area contributed by atoms with E-state index < -0.39 is 5.97 Å². The van der Waals surface area contributed by atoms with Crippen molar-refractivity contribution in [1.29, 1.82) is 0 Å². The standard InChI is InChI=1S/C25H30O4/c1-20(12-8-14-22(3)16-18-24(26)27)10-6-7-11-21(2)13-9-15-23(4)17-19-25(28)29-5/h6-19H,1-5H3,(H,26,27)/b7-6?,12-8+,13-9?,18-16+,19-17?,20-10?,21-11?,22-14+,23-15?. The predicted molar refractivity (Wildman–Crippen MR) is 120 cm³/mol. The summed E-state index contributed by atoms with van der Waals surface area (Å²) in [5.41, 5.74) is 3.98. The molecule has 0 aromatic rings. The lowest BCUT2D eigenvalue weighted by atomic mass is 10.2. The summed E-state index contributed by atoms with van der Waals surface area (Å²) in [6.45, 7) is 7.74. The Balaban J connectivity index is 4.67. The molecule has 0 atom stereocenters. The van der Waals surface area contributed by atoms with Gasteiger partial charge in [0.1, 0.15) is 0 Å². The van der Waals surface area contributed by atoms with Crippen molar-refractivity contribution in [3.8, 4) is 0 Å². The van der Waals surface area contributed by atoms with Crippen molar-refractivity contribution in [1.82, 2.24) is 0 Å². The van der Waals surface area contributed by atoms with Crippen molar-refractivity contribution in [2.75, 3.05) is 7.11 Å². The molecule has 0 aromatic carbocycles. The number of carboxylic acids is 1. The Kier molecular flexibility index (Phi) is 13.8. The van der Waals surface area contributed by atoms with Gasteiger partial charge in [-0.3, -0.25) is 0 Å². The van der Waals surface area contributed by atoms with E-state index in [0.29, 0.717) is 0 Å². The van der Waals surface area contributed by atoms with Crippen molar-refractivity contribution in [2.24, 2.45) is 0 Å². The zero-order valence-electron chi connectivity index (χ0n) is 17.8. The zero-order valence-corrected chi connectivity index (χ0v) is 17.8. The summed E-state index contributed by atoms with van der Waals surface area (Å²) in [7, 11) is 1.35. The van der Waals surface area contributed by atoms with Crippen LogP contribution in [0.15, 0.2) is 107 Å². The third kappa shape index (κ3) is 16.5. The van der Waals surface area contributed by atoms with Crippen LogP contribution < -0.4 is 0 Å². The summed E-state index contributed by atoms with van der Waals surface area (Å²) < 4.78 is 4.54. The summed E-state index contributed by atoms with van der Waals surface area (Å²) in [5, 5.41) is 8.58. The van der Waals surface area contributed by atoms with E-state index in [9.17, 15) is 9.59 Å². The van der Waals surface area contributed by atoms with Gasteiger partial charge in [0.05, 0.1) is 7.11 Å². The molecule has 0 amide bonds. The molecule has 0 saturated heterocycles. The topological polar surface area (TPSA) is 63.6 Å². The van der Waals surface area contributed by atoms with E-state index in [2.05, 4.69) is 4.74 Å². The van der Waals surface area contributed by atoms with Crippen LogP contribution in [0.4, 0.5) is 0 Å². The summed E-state index contributed by atoms with van der Waals surface area (Å²) in [5.74, 6) is -1.33. The number of allylic oxidation sites excluding steroid dienone is 16. The van der Waals surface area contributed by atoms with E-state index in [1.54, 1.807) is 12.2 Å². The first-order valence-corrected chi connectivity index (χ1v) is 9.13. The molecule has 4 nitrogen and oxygen atoms in total. The van der Waals surface area contributed by atoms with Crippen LogP contribution in [0, 0.1) is 0 Å². The minimum Gasteiger partial charge on any atom is -0.478 e. The maximum absolute atomic E-state index is 11.0. The number of methoxy groups -OCH3 is 1. The van der Waals surface area contributed by atoms with Gasteiger partial charge in [0.2, 0.25) is 0 Å². The number of aliphatic carboxylic acids is 1. The van der Waals surface area contributed by atoms with Gasteiger partial charge >= 0.3 is 11.9 Å². The van der Waals surface area contributed by atoms with Gasteiger partial charge in [-0.1, -0.05) is 95.2 Å². The van der Waals surface area contributed by atoms with E-state index in [4.69, 9.17) is 5.11 Å². The number of esters is 1. The van der Waals surface area contributed by atoms with E-state index in [1.807, 2.05) is 88.5 Å². The Morgan fingerprint density at radius 2 is 0.966 bits per heavy atom. The predicted octanol–water partition coefficient (Wildman–Crippen LogP) is 5.81. The molecule has 154 valence electrons. The lowest BCUT2D eigenvalue weighted by Gasteiger charge is -1.91. The number of carbonyl (C=O) groups is 2. The van der Waals surface area contributed by atoms with Crippen molar-refractivity contribution in [3.05, 3.63) is 107 Å². The van der Waals surface area contributed by atoms with Crippen LogP contribution >= 0.6 is 0 Å². The second kappa shape index (κ2) is 15.6. The fourth-order valence-corrected chi connectivity index (χ4v) is 1.81. The van der Waals surface area contributed by atoms with Crippen LogP contribution in [0.5, 0.6) is 0 Å². The van der Waals surface area contributed by atoms with Crippen LogP contribution in [-0.2, 0) is 14.3 Å². The van der Waals surface area contributed by atoms with E-state index >= 15 is 0 Å². The van der Waals surface area contributed by atoms with Gasteiger partial charge in [-0.15, -0.1) is 0 Å². The van der Waals surface area contributed by atoms with Crippen LogP contribution in [0.1, 0.15) is 27.7 Å². The lowest BCUT2D eigenvalue weighted by Crippen LogP contribution is -1.93. The van der Waals surface area contributed by atoms with Crippen molar-refractivity contribution in [3.63, 3.8) is 0 Å². The molecule has 0 aliphatic rings. The molecule has 0 rings (SSSR count). The van der Waals surface area contributed by atoms with Gasteiger partial charge in [0.25, 0.3) is 0 Å². The van der Waals surface area contributed by atoms with E-state index in [-0.39, 0.29) is 5.97 Å². The van der Waals surface area contributed by atoms with Gasteiger partial charge in [-0.05, 0) is 27.7 Å². The molecule has 4 heteroatoms. The Hall–Kier alpha value is -3.40. The molecule has 29 heavy (non-hydrogen) atoms. The Labute approximate surface area is 174 Å². The largest absolute Gasteiger partial charge is 0.478 e. The number of carbonyl (C=O) groups excluding carboxylic acids is 1. The Morgan fingerprint density at radius 3 is 1.38 bits per heavy atom. The third-order valence-corrected chi connectivity index (χ3v) is 3.44. The molecule has 0 aliphatic carbocycles. The average Bonchev–Trinajstić information content (AvgIpc) is 2.67. The highest BCUT2D eigenvalue weighted by molar-refractivity contribution is 5.82. The first-order valence-electron chi connectivity index (χ1n) is 9.13. The van der Waals surface area contributed by atoms with Crippen molar-refractivity contribution < 1.29 is 19.4 Å². The molecular formula is C25H30O4. The smallest absolute Gasteiger partial charge is 0.330 e. The maximum Gasteiger partial charge on any atom is 0.330 e. The summed E-state index contributed by atoms with van der Waals surface area (Å²) in [6.07, 6.45) is 25.2. The van der Waals surface area contributed by atoms with Crippen LogP contribution in [0.25, 0.3) is 0 Å². The first-order chi connectivity index (χ1) is 13.7.